The maximum Gasteiger partial charge on any atom is 0.292 e. The molecule has 1 unspecified atom stereocenters. The molecule has 0 amide bonds. The zero-order valence-corrected chi connectivity index (χ0v) is 10.5. The van der Waals surface area contributed by atoms with Crippen molar-refractivity contribution in [3.05, 3.63) is 33.9 Å². The molecule has 1 fully saturated rings. The number of ether oxygens (including phenoxy) is 1. The summed E-state index contributed by atoms with van der Waals surface area (Å²) in [5.41, 5.74) is 0.790. The van der Waals surface area contributed by atoms with Crippen molar-refractivity contribution in [3.8, 4) is 6.07 Å². The van der Waals surface area contributed by atoms with E-state index in [1.54, 1.807) is 0 Å². The second kappa shape index (κ2) is 6.16. The van der Waals surface area contributed by atoms with Crippen LogP contribution in [0.5, 0.6) is 0 Å². The Balaban J connectivity index is 2.00. The van der Waals surface area contributed by atoms with Crippen LogP contribution in [0.1, 0.15) is 24.8 Å². The Bertz CT molecular complexity index is 504. The highest BCUT2D eigenvalue weighted by Crippen LogP contribution is 2.25. The molecule has 1 aromatic rings. The molecule has 1 atom stereocenters. The van der Waals surface area contributed by atoms with Crippen molar-refractivity contribution in [1.82, 2.24) is 0 Å². The molecular weight excluding hydrogens is 246 g/mol. The first-order chi connectivity index (χ1) is 9.20. The Labute approximate surface area is 111 Å². The summed E-state index contributed by atoms with van der Waals surface area (Å²) in [5, 5.41) is 22.7. The van der Waals surface area contributed by atoms with E-state index in [1.165, 1.54) is 18.2 Å². The quantitative estimate of drug-likeness (QED) is 0.649. The van der Waals surface area contributed by atoms with Gasteiger partial charge in [-0.05, 0) is 31.4 Å². The molecule has 6 heteroatoms. The van der Waals surface area contributed by atoms with E-state index in [0.717, 1.165) is 25.9 Å². The molecule has 1 aliphatic rings. The fourth-order valence-electron chi connectivity index (χ4n) is 2.15. The van der Waals surface area contributed by atoms with E-state index in [-0.39, 0.29) is 11.8 Å². The van der Waals surface area contributed by atoms with Gasteiger partial charge in [0.2, 0.25) is 0 Å². The number of anilines is 1. The third-order valence-electron chi connectivity index (χ3n) is 3.13. The van der Waals surface area contributed by atoms with Crippen LogP contribution in [0.15, 0.2) is 18.2 Å². The van der Waals surface area contributed by atoms with Gasteiger partial charge in [0.1, 0.15) is 5.69 Å². The van der Waals surface area contributed by atoms with Crippen LogP contribution in [0.3, 0.4) is 0 Å². The van der Waals surface area contributed by atoms with E-state index >= 15 is 0 Å². The first-order valence-corrected chi connectivity index (χ1v) is 6.24. The predicted octanol–water partition coefficient (Wildman–Crippen LogP) is 2.45. The van der Waals surface area contributed by atoms with E-state index in [2.05, 4.69) is 5.32 Å². The Morgan fingerprint density at radius 2 is 2.42 bits per heavy atom. The lowest BCUT2D eigenvalue weighted by Crippen LogP contribution is -2.13. The van der Waals surface area contributed by atoms with Gasteiger partial charge in [-0.15, -0.1) is 0 Å². The predicted molar refractivity (Wildman–Crippen MR) is 69.9 cm³/mol. The van der Waals surface area contributed by atoms with Crippen LogP contribution in [-0.2, 0) is 4.74 Å². The second-order valence-corrected chi connectivity index (χ2v) is 4.45. The summed E-state index contributed by atoms with van der Waals surface area (Å²) in [6.07, 6.45) is 3.18. The van der Waals surface area contributed by atoms with Crippen LogP contribution in [0.2, 0.25) is 0 Å². The molecule has 1 N–H and O–H groups in total. The minimum Gasteiger partial charge on any atom is -0.379 e. The van der Waals surface area contributed by atoms with E-state index in [4.69, 9.17) is 10.00 Å². The average molecular weight is 261 g/mol. The van der Waals surface area contributed by atoms with Crippen molar-refractivity contribution in [2.45, 2.75) is 25.4 Å². The largest absolute Gasteiger partial charge is 0.379 e. The van der Waals surface area contributed by atoms with Gasteiger partial charge in [-0.25, -0.2) is 0 Å². The molecule has 6 nitrogen and oxygen atoms in total. The van der Waals surface area contributed by atoms with Gasteiger partial charge in [0.15, 0.2) is 0 Å². The van der Waals surface area contributed by atoms with Gasteiger partial charge in [-0.2, -0.15) is 5.26 Å². The second-order valence-electron chi connectivity index (χ2n) is 4.45. The average Bonchev–Trinajstić information content (AvgIpc) is 2.91. The molecule has 1 aromatic carbocycles. The van der Waals surface area contributed by atoms with Gasteiger partial charge < -0.3 is 10.1 Å². The summed E-state index contributed by atoms with van der Waals surface area (Å²) in [6.45, 7) is 1.40. The normalized spacial score (nSPS) is 17.9. The summed E-state index contributed by atoms with van der Waals surface area (Å²) in [5.74, 6) is 0. The lowest BCUT2D eigenvalue weighted by atomic mass is 10.1. The Morgan fingerprint density at radius 3 is 3.05 bits per heavy atom. The summed E-state index contributed by atoms with van der Waals surface area (Å²) < 4.78 is 5.49. The Hall–Kier alpha value is -2.13. The number of nitrogens with one attached hydrogen (secondary N) is 1. The topological polar surface area (TPSA) is 88.2 Å². The molecule has 0 spiro atoms. The highest BCUT2D eigenvalue weighted by molar-refractivity contribution is 5.64. The lowest BCUT2D eigenvalue weighted by Gasteiger charge is -2.11. The Morgan fingerprint density at radius 1 is 1.58 bits per heavy atom. The van der Waals surface area contributed by atoms with Gasteiger partial charge in [-0.3, -0.25) is 10.1 Å². The van der Waals surface area contributed by atoms with Gasteiger partial charge in [0.05, 0.1) is 22.7 Å². The fourth-order valence-corrected chi connectivity index (χ4v) is 2.15. The fraction of sp³-hybridized carbons (Fsp3) is 0.462. The maximum absolute atomic E-state index is 10.9. The zero-order valence-electron chi connectivity index (χ0n) is 10.5. The monoisotopic (exact) mass is 261 g/mol. The summed E-state index contributed by atoms with van der Waals surface area (Å²) in [4.78, 5) is 10.4. The highest BCUT2D eigenvalue weighted by atomic mass is 16.6. The minimum atomic E-state index is -0.449. The SMILES string of the molecule is N#Cc1ccc([N+](=O)[O-])c(NCCC2CCCO2)c1. The molecule has 2 rings (SSSR count). The minimum absolute atomic E-state index is 0.00802. The van der Waals surface area contributed by atoms with Crippen LogP contribution >= 0.6 is 0 Å². The van der Waals surface area contributed by atoms with E-state index in [0.29, 0.717) is 17.8 Å². The first-order valence-electron chi connectivity index (χ1n) is 6.24. The number of rotatable bonds is 5. The zero-order chi connectivity index (χ0) is 13.7. The number of hydrogen-bond acceptors (Lipinski definition) is 5. The first kappa shape index (κ1) is 13.3. The molecule has 1 heterocycles. The summed E-state index contributed by atoms with van der Waals surface area (Å²) in [7, 11) is 0. The van der Waals surface area contributed by atoms with E-state index in [1.807, 2.05) is 6.07 Å². The number of nitro benzene ring substituents is 1. The molecule has 19 heavy (non-hydrogen) atoms. The molecule has 1 saturated heterocycles. The number of hydrogen-bond donors (Lipinski definition) is 1. The third-order valence-corrected chi connectivity index (χ3v) is 3.13. The Kier molecular flexibility index (Phi) is 4.31. The molecule has 0 bridgehead atoms. The lowest BCUT2D eigenvalue weighted by molar-refractivity contribution is -0.384. The van der Waals surface area contributed by atoms with Crippen molar-refractivity contribution < 1.29 is 9.66 Å². The van der Waals surface area contributed by atoms with Gasteiger partial charge in [0, 0.05) is 19.2 Å². The molecule has 100 valence electrons. The number of benzene rings is 1. The standard InChI is InChI=1S/C13H15N3O3/c14-9-10-3-4-13(16(17)18)12(8-10)15-6-5-11-2-1-7-19-11/h3-4,8,11,15H,1-2,5-7H2. The molecular formula is C13H15N3O3. The van der Waals surface area contributed by atoms with Crippen molar-refractivity contribution in [2.24, 2.45) is 0 Å². The van der Waals surface area contributed by atoms with Gasteiger partial charge >= 0.3 is 0 Å². The molecule has 0 aromatic heterocycles. The van der Waals surface area contributed by atoms with Crippen LogP contribution < -0.4 is 5.32 Å². The van der Waals surface area contributed by atoms with Crippen LogP contribution in [-0.4, -0.2) is 24.2 Å². The summed E-state index contributed by atoms with van der Waals surface area (Å²) in [6, 6.07) is 6.29. The smallest absolute Gasteiger partial charge is 0.292 e. The van der Waals surface area contributed by atoms with Gasteiger partial charge in [-0.1, -0.05) is 0 Å². The number of nitro groups is 1. The highest BCUT2D eigenvalue weighted by Gasteiger charge is 2.17. The van der Waals surface area contributed by atoms with Crippen LogP contribution in [0, 0.1) is 21.4 Å². The van der Waals surface area contributed by atoms with E-state index in [9.17, 15) is 10.1 Å². The summed E-state index contributed by atoms with van der Waals surface area (Å²) >= 11 is 0. The molecule has 1 aliphatic heterocycles. The van der Waals surface area contributed by atoms with Gasteiger partial charge in [0.25, 0.3) is 5.69 Å². The number of nitrogens with zero attached hydrogens (tertiary/aromatic N) is 2. The van der Waals surface area contributed by atoms with Crippen molar-refractivity contribution >= 4 is 11.4 Å². The van der Waals surface area contributed by atoms with Crippen molar-refractivity contribution in [2.75, 3.05) is 18.5 Å². The van der Waals surface area contributed by atoms with Crippen molar-refractivity contribution in [3.63, 3.8) is 0 Å². The van der Waals surface area contributed by atoms with Crippen LogP contribution in [0.25, 0.3) is 0 Å². The third kappa shape index (κ3) is 3.42. The molecule has 0 aliphatic carbocycles. The molecule has 0 saturated carbocycles. The van der Waals surface area contributed by atoms with E-state index < -0.39 is 4.92 Å². The molecule has 0 radical (unpaired) electrons. The number of nitriles is 1. The van der Waals surface area contributed by atoms with Crippen LogP contribution in [0.4, 0.5) is 11.4 Å². The maximum atomic E-state index is 10.9. The van der Waals surface area contributed by atoms with Crippen molar-refractivity contribution in [1.29, 1.82) is 5.26 Å².